The molecule has 0 saturated heterocycles. The molecule has 1 aliphatic rings. The highest BCUT2D eigenvalue weighted by molar-refractivity contribution is 7.89. The number of aromatic nitrogens is 1. The van der Waals surface area contributed by atoms with Crippen LogP contribution in [0.5, 0.6) is 0 Å². The molecule has 6 heteroatoms. The van der Waals surface area contributed by atoms with Gasteiger partial charge in [0.05, 0.1) is 4.90 Å². The molecule has 0 saturated carbocycles. The van der Waals surface area contributed by atoms with E-state index in [0.29, 0.717) is 18.0 Å². The van der Waals surface area contributed by atoms with Gasteiger partial charge >= 0.3 is 0 Å². The molecule has 0 aliphatic carbocycles. The van der Waals surface area contributed by atoms with Crippen molar-refractivity contribution in [3.05, 3.63) is 65.9 Å². The topological polar surface area (TPSA) is 63.1 Å². The molecule has 1 aliphatic heterocycles. The number of benzene rings is 2. The summed E-state index contributed by atoms with van der Waals surface area (Å²) in [6.45, 7) is 2.94. The van der Waals surface area contributed by atoms with Gasteiger partial charge in [0.25, 0.3) is 0 Å². The van der Waals surface area contributed by atoms with Crippen LogP contribution in [0, 0.1) is 0 Å². The highest BCUT2D eigenvalue weighted by Gasteiger charge is 2.19. The van der Waals surface area contributed by atoms with Crippen molar-refractivity contribution in [3.63, 3.8) is 0 Å². The third-order valence-electron chi connectivity index (χ3n) is 4.97. The zero-order chi connectivity index (χ0) is 18.0. The van der Waals surface area contributed by atoms with Gasteiger partial charge in [0.1, 0.15) is 0 Å². The molecular weight excluding hydrogens is 346 g/mol. The van der Waals surface area contributed by atoms with Gasteiger partial charge < -0.3 is 9.88 Å². The zero-order valence-electron chi connectivity index (χ0n) is 14.6. The Balaban J connectivity index is 1.59. The first-order valence-electron chi connectivity index (χ1n) is 9.01. The molecule has 5 nitrogen and oxygen atoms in total. The number of hydrogen-bond acceptors (Lipinski definition) is 3. The van der Waals surface area contributed by atoms with Gasteiger partial charge in [-0.3, -0.25) is 0 Å². The van der Waals surface area contributed by atoms with Crippen molar-refractivity contribution >= 4 is 20.9 Å². The summed E-state index contributed by atoms with van der Waals surface area (Å²) in [6.07, 6.45) is 1.98. The Hall–Kier alpha value is -2.15. The number of sulfonamides is 1. The molecule has 0 atom stereocenters. The maximum absolute atomic E-state index is 12.4. The number of nitrogens with one attached hydrogen (secondary N) is 2. The van der Waals surface area contributed by atoms with E-state index in [4.69, 9.17) is 0 Å². The van der Waals surface area contributed by atoms with Gasteiger partial charge in [-0.2, -0.15) is 0 Å². The summed E-state index contributed by atoms with van der Waals surface area (Å²) >= 11 is 0. The van der Waals surface area contributed by atoms with Gasteiger partial charge in [-0.15, -0.1) is 0 Å². The second kappa shape index (κ2) is 7.23. The molecule has 0 radical (unpaired) electrons. The van der Waals surface area contributed by atoms with Crippen LogP contribution < -0.4 is 10.0 Å². The Bertz CT molecular complexity index is 1010. The summed E-state index contributed by atoms with van der Waals surface area (Å²) in [4.78, 5) is 0.306. The van der Waals surface area contributed by atoms with Crippen molar-refractivity contribution in [2.24, 2.45) is 0 Å². The largest absolute Gasteiger partial charge is 0.343 e. The van der Waals surface area contributed by atoms with Crippen LogP contribution in [0.4, 0.5) is 0 Å². The average molecular weight is 369 g/mol. The van der Waals surface area contributed by atoms with Gasteiger partial charge in [0.2, 0.25) is 10.0 Å². The molecule has 0 unspecified atom stereocenters. The first-order valence-corrected chi connectivity index (χ1v) is 10.5. The smallest absolute Gasteiger partial charge is 0.240 e. The van der Waals surface area contributed by atoms with E-state index in [1.54, 1.807) is 24.3 Å². The zero-order valence-corrected chi connectivity index (χ0v) is 15.4. The van der Waals surface area contributed by atoms with Crippen LogP contribution >= 0.6 is 0 Å². The highest BCUT2D eigenvalue weighted by atomic mass is 32.2. The quantitative estimate of drug-likeness (QED) is 0.725. The van der Waals surface area contributed by atoms with Crippen molar-refractivity contribution in [2.45, 2.75) is 24.3 Å². The minimum atomic E-state index is -3.47. The number of rotatable bonds is 5. The standard InChI is InChI=1S/C20H23N3O2S/c24-26(25,16-6-2-1-3-7-16)22-14-15-23-19-9-5-4-8-17(19)18-10-12-21-13-11-20(18)23/h1-9,21-22H,10-15H2. The average Bonchev–Trinajstić information content (AvgIpc) is 2.81. The van der Waals surface area contributed by atoms with Gasteiger partial charge in [0.15, 0.2) is 0 Å². The lowest BCUT2D eigenvalue weighted by atomic mass is 10.1. The Morgan fingerprint density at radius 2 is 1.69 bits per heavy atom. The molecule has 0 fully saturated rings. The molecule has 1 aromatic heterocycles. The minimum absolute atomic E-state index is 0.306. The lowest BCUT2D eigenvalue weighted by Crippen LogP contribution is -2.28. The fraction of sp³-hybridized carbons (Fsp3) is 0.300. The predicted molar refractivity (Wildman–Crippen MR) is 104 cm³/mol. The van der Waals surface area contributed by atoms with Crippen LogP contribution in [0.3, 0.4) is 0 Å². The first-order chi connectivity index (χ1) is 12.7. The summed E-state index contributed by atoms with van der Waals surface area (Å²) in [5, 5.41) is 4.74. The van der Waals surface area contributed by atoms with E-state index in [2.05, 4.69) is 32.8 Å². The van der Waals surface area contributed by atoms with Crippen LogP contribution in [0.15, 0.2) is 59.5 Å². The monoisotopic (exact) mass is 369 g/mol. The van der Waals surface area contributed by atoms with Crippen LogP contribution in [0.2, 0.25) is 0 Å². The fourth-order valence-corrected chi connectivity index (χ4v) is 4.81. The number of hydrogen-bond donors (Lipinski definition) is 2. The summed E-state index contributed by atoms with van der Waals surface area (Å²) in [7, 11) is -3.47. The van der Waals surface area contributed by atoms with E-state index in [-0.39, 0.29) is 0 Å². The van der Waals surface area contributed by atoms with E-state index in [0.717, 1.165) is 25.9 Å². The number of para-hydroxylation sites is 1. The van der Waals surface area contributed by atoms with Crippen molar-refractivity contribution < 1.29 is 8.42 Å². The Morgan fingerprint density at radius 1 is 0.962 bits per heavy atom. The summed E-state index contributed by atoms with van der Waals surface area (Å²) in [5.41, 5.74) is 3.92. The van der Waals surface area contributed by atoms with E-state index < -0.39 is 10.0 Å². The van der Waals surface area contributed by atoms with E-state index in [1.165, 1.54) is 22.2 Å². The van der Waals surface area contributed by atoms with E-state index in [1.807, 2.05) is 12.1 Å². The normalized spacial score (nSPS) is 14.9. The maximum atomic E-state index is 12.4. The van der Waals surface area contributed by atoms with Crippen LogP contribution in [-0.2, 0) is 29.4 Å². The minimum Gasteiger partial charge on any atom is -0.343 e. The van der Waals surface area contributed by atoms with Crippen LogP contribution in [-0.4, -0.2) is 32.6 Å². The lowest BCUT2D eigenvalue weighted by molar-refractivity contribution is 0.571. The molecule has 2 N–H and O–H groups in total. The van der Waals surface area contributed by atoms with Crippen molar-refractivity contribution in [1.29, 1.82) is 0 Å². The van der Waals surface area contributed by atoms with Gasteiger partial charge in [0, 0.05) is 42.7 Å². The van der Waals surface area contributed by atoms with Crippen molar-refractivity contribution in [1.82, 2.24) is 14.6 Å². The van der Waals surface area contributed by atoms with Gasteiger partial charge in [-0.1, -0.05) is 36.4 Å². The molecule has 3 aromatic rings. The summed E-state index contributed by atoms with van der Waals surface area (Å²) < 4.78 is 29.9. The molecular formula is C20H23N3O2S. The molecule has 0 amide bonds. The fourth-order valence-electron chi connectivity index (χ4n) is 3.77. The van der Waals surface area contributed by atoms with E-state index in [9.17, 15) is 8.42 Å². The molecule has 0 spiro atoms. The Kier molecular flexibility index (Phi) is 4.80. The highest BCUT2D eigenvalue weighted by Crippen LogP contribution is 2.28. The molecule has 4 rings (SSSR count). The summed E-state index contributed by atoms with van der Waals surface area (Å²) in [5.74, 6) is 0. The predicted octanol–water partition coefficient (Wildman–Crippen LogP) is 2.31. The lowest BCUT2D eigenvalue weighted by Gasteiger charge is -2.12. The molecule has 0 bridgehead atoms. The molecule has 2 aromatic carbocycles. The number of nitrogens with zero attached hydrogens (tertiary/aromatic N) is 1. The van der Waals surface area contributed by atoms with Crippen LogP contribution in [0.1, 0.15) is 11.3 Å². The van der Waals surface area contributed by atoms with Gasteiger partial charge in [-0.25, -0.2) is 13.1 Å². The SMILES string of the molecule is O=S(=O)(NCCn1c2c(c3ccccc31)CCNCC2)c1ccccc1. The summed E-state index contributed by atoms with van der Waals surface area (Å²) in [6, 6.07) is 16.9. The van der Waals surface area contributed by atoms with Gasteiger partial charge in [-0.05, 0) is 36.7 Å². The second-order valence-corrected chi connectivity index (χ2v) is 8.32. The third-order valence-corrected chi connectivity index (χ3v) is 6.44. The van der Waals surface area contributed by atoms with Crippen molar-refractivity contribution in [3.8, 4) is 0 Å². The van der Waals surface area contributed by atoms with Crippen molar-refractivity contribution in [2.75, 3.05) is 19.6 Å². The molecule has 26 heavy (non-hydrogen) atoms. The first kappa shape index (κ1) is 17.3. The van der Waals surface area contributed by atoms with E-state index >= 15 is 0 Å². The number of fused-ring (bicyclic) bond motifs is 3. The molecule has 136 valence electrons. The Morgan fingerprint density at radius 3 is 2.54 bits per heavy atom. The third kappa shape index (κ3) is 3.28. The molecule has 2 heterocycles. The maximum Gasteiger partial charge on any atom is 0.240 e. The van der Waals surface area contributed by atoms with Crippen LogP contribution in [0.25, 0.3) is 10.9 Å². The second-order valence-electron chi connectivity index (χ2n) is 6.55. The Labute approximate surface area is 154 Å².